The molecule has 0 aromatic carbocycles. The second-order valence-electron chi connectivity index (χ2n) is 3.93. The Balaban J connectivity index is 2.00. The molecule has 1 aliphatic rings. The van der Waals surface area contributed by atoms with E-state index in [1.165, 1.54) is 0 Å². The highest BCUT2D eigenvalue weighted by Gasteiger charge is 2.23. The van der Waals surface area contributed by atoms with Crippen LogP contribution >= 0.6 is 0 Å². The Kier molecular flexibility index (Phi) is 2.62. The number of nitrogens with one attached hydrogen (secondary N) is 1. The van der Waals surface area contributed by atoms with Crippen LogP contribution in [0.25, 0.3) is 0 Å². The van der Waals surface area contributed by atoms with Gasteiger partial charge in [-0.1, -0.05) is 0 Å². The molecule has 1 N–H and O–H groups in total. The summed E-state index contributed by atoms with van der Waals surface area (Å²) in [6, 6.07) is 0. The Bertz CT molecular complexity index is 359. The van der Waals surface area contributed by atoms with Crippen LogP contribution in [0.5, 0.6) is 0 Å². The largest absolute Gasteiger partial charge is 0.447 e. The Morgan fingerprint density at radius 1 is 1.67 bits per heavy atom. The van der Waals surface area contributed by atoms with Crippen LogP contribution in [0, 0.1) is 0 Å². The van der Waals surface area contributed by atoms with Crippen LogP contribution in [0.15, 0.2) is 6.33 Å². The van der Waals surface area contributed by atoms with Crippen molar-refractivity contribution < 1.29 is 9.53 Å². The second-order valence-corrected chi connectivity index (χ2v) is 3.93. The maximum Gasteiger partial charge on any atom is 0.410 e. The highest BCUT2D eigenvalue weighted by molar-refractivity contribution is 5.68. The first-order chi connectivity index (χ1) is 7.16. The number of carbonyl (C=O) groups is 1. The summed E-state index contributed by atoms with van der Waals surface area (Å²) in [5, 5.41) is 0. The van der Waals surface area contributed by atoms with E-state index in [-0.39, 0.29) is 12.2 Å². The zero-order chi connectivity index (χ0) is 10.8. The van der Waals surface area contributed by atoms with Crippen molar-refractivity contribution in [2.45, 2.75) is 32.9 Å². The van der Waals surface area contributed by atoms with Gasteiger partial charge in [0.2, 0.25) is 0 Å². The molecule has 0 bridgehead atoms. The standard InChI is InChI=1S/C10H15N3O2/c1-7(2)15-10(14)13-4-3-8-9(5-13)12-6-11-8/h6-7H,3-5H2,1-2H3,(H,11,12). The Labute approximate surface area is 88.4 Å². The van der Waals surface area contributed by atoms with E-state index in [9.17, 15) is 4.79 Å². The van der Waals surface area contributed by atoms with Crippen molar-refractivity contribution in [1.29, 1.82) is 0 Å². The fourth-order valence-electron chi connectivity index (χ4n) is 1.64. The van der Waals surface area contributed by atoms with Crippen molar-refractivity contribution in [1.82, 2.24) is 14.9 Å². The van der Waals surface area contributed by atoms with E-state index in [0.717, 1.165) is 17.8 Å². The lowest BCUT2D eigenvalue weighted by Gasteiger charge is -2.26. The highest BCUT2D eigenvalue weighted by atomic mass is 16.6. The fourth-order valence-corrected chi connectivity index (χ4v) is 1.64. The van der Waals surface area contributed by atoms with E-state index >= 15 is 0 Å². The lowest BCUT2D eigenvalue weighted by Crippen LogP contribution is -2.37. The zero-order valence-corrected chi connectivity index (χ0v) is 8.99. The summed E-state index contributed by atoms with van der Waals surface area (Å²) in [5.41, 5.74) is 2.07. The number of hydrogen-bond donors (Lipinski definition) is 1. The Hall–Kier alpha value is -1.52. The molecule has 1 amide bonds. The van der Waals surface area contributed by atoms with Crippen LogP contribution in [0.3, 0.4) is 0 Å². The molecule has 82 valence electrons. The van der Waals surface area contributed by atoms with Crippen molar-refractivity contribution in [3.8, 4) is 0 Å². The fraction of sp³-hybridized carbons (Fsp3) is 0.600. The predicted molar refractivity (Wildman–Crippen MR) is 54.3 cm³/mol. The number of hydrogen-bond acceptors (Lipinski definition) is 3. The van der Waals surface area contributed by atoms with Crippen molar-refractivity contribution in [2.24, 2.45) is 0 Å². The number of ether oxygens (including phenoxy) is 1. The van der Waals surface area contributed by atoms with Crippen molar-refractivity contribution in [3.63, 3.8) is 0 Å². The molecule has 5 nitrogen and oxygen atoms in total. The summed E-state index contributed by atoms with van der Waals surface area (Å²) in [6.45, 7) is 4.96. The number of nitrogens with zero attached hydrogens (tertiary/aromatic N) is 2. The second kappa shape index (κ2) is 3.92. The van der Waals surface area contributed by atoms with E-state index in [2.05, 4.69) is 9.97 Å². The van der Waals surface area contributed by atoms with Gasteiger partial charge >= 0.3 is 6.09 Å². The minimum absolute atomic E-state index is 0.0688. The van der Waals surface area contributed by atoms with Gasteiger partial charge in [0.1, 0.15) is 0 Å². The molecule has 1 aromatic rings. The Morgan fingerprint density at radius 2 is 2.47 bits per heavy atom. The number of fused-ring (bicyclic) bond motifs is 1. The maximum absolute atomic E-state index is 11.6. The van der Waals surface area contributed by atoms with Crippen molar-refractivity contribution in [2.75, 3.05) is 6.54 Å². The van der Waals surface area contributed by atoms with Gasteiger partial charge in [-0.15, -0.1) is 0 Å². The molecule has 0 radical (unpaired) electrons. The number of aromatic nitrogens is 2. The van der Waals surface area contributed by atoms with Crippen LogP contribution in [-0.4, -0.2) is 33.6 Å². The van der Waals surface area contributed by atoms with Gasteiger partial charge in [0.15, 0.2) is 0 Å². The summed E-state index contributed by atoms with van der Waals surface area (Å²) >= 11 is 0. The smallest absolute Gasteiger partial charge is 0.410 e. The first kappa shape index (κ1) is 10.0. The van der Waals surface area contributed by atoms with Gasteiger partial charge in [0, 0.05) is 13.0 Å². The number of H-pyrrole nitrogens is 1. The van der Waals surface area contributed by atoms with E-state index in [0.29, 0.717) is 13.1 Å². The average molecular weight is 209 g/mol. The molecule has 0 fully saturated rings. The third-order valence-corrected chi connectivity index (χ3v) is 2.37. The van der Waals surface area contributed by atoms with Gasteiger partial charge in [0.25, 0.3) is 0 Å². The number of rotatable bonds is 1. The number of imidazole rings is 1. The minimum Gasteiger partial charge on any atom is -0.447 e. The molecule has 1 aliphatic heterocycles. The average Bonchev–Trinajstić information content (AvgIpc) is 2.62. The van der Waals surface area contributed by atoms with Gasteiger partial charge in [0.05, 0.1) is 30.4 Å². The first-order valence-corrected chi connectivity index (χ1v) is 5.13. The summed E-state index contributed by atoms with van der Waals surface area (Å²) in [7, 11) is 0. The molecular formula is C10H15N3O2. The first-order valence-electron chi connectivity index (χ1n) is 5.13. The molecular weight excluding hydrogens is 194 g/mol. The molecule has 2 rings (SSSR count). The zero-order valence-electron chi connectivity index (χ0n) is 8.99. The topological polar surface area (TPSA) is 58.2 Å². The van der Waals surface area contributed by atoms with Gasteiger partial charge in [-0.25, -0.2) is 9.78 Å². The van der Waals surface area contributed by atoms with Crippen molar-refractivity contribution in [3.05, 3.63) is 17.7 Å². The third kappa shape index (κ3) is 2.11. The predicted octanol–water partition coefficient (Wildman–Crippen LogP) is 1.31. The molecule has 1 aromatic heterocycles. The lowest BCUT2D eigenvalue weighted by atomic mass is 10.1. The normalized spacial score (nSPS) is 15.3. The van der Waals surface area contributed by atoms with Crippen LogP contribution in [0.1, 0.15) is 25.2 Å². The monoisotopic (exact) mass is 209 g/mol. The van der Waals surface area contributed by atoms with Crippen molar-refractivity contribution >= 4 is 6.09 Å². The van der Waals surface area contributed by atoms with Crippen LogP contribution in [0.4, 0.5) is 4.79 Å². The number of amides is 1. The number of aromatic amines is 1. The van der Waals surface area contributed by atoms with E-state index in [4.69, 9.17) is 4.74 Å². The maximum atomic E-state index is 11.6. The molecule has 2 heterocycles. The van der Waals surface area contributed by atoms with E-state index in [1.807, 2.05) is 13.8 Å². The summed E-state index contributed by atoms with van der Waals surface area (Å²) < 4.78 is 5.13. The van der Waals surface area contributed by atoms with Gasteiger partial charge in [-0.05, 0) is 13.8 Å². The van der Waals surface area contributed by atoms with Crippen LogP contribution < -0.4 is 0 Å². The third-order valence-electron chi connectivity index (χ3n) is 2.37. The molecule has 0 saturated carbocycles. The number of carbonyl (C=O) groups excluding carboxylic acids is 1. The Morgan fingerprint density at radius 3 is 3.20 bits per heavy atom. The SMILES string of the molecule is CC(C)OC(=O)N1CCc2nc[nH]c2C1. The molecule has 0 spiro atoms. The van der Waals surface area contributed by atoms with Gasteiger partial charge in [-0.3, -0.25) is 0 Å². The molecule has 15 heavy (non-hydrogen) atoms. The molecule has 0 unspecified atom stereocenters. The summed E-state index contributed by atoms with van der Waals surface area (Å²) in [6.07, 6.45) is 2.15. The van der Waals surface area contributed by atoms with Crippen LogP contribution in [0.2, 0.25) is 0 Å². The lowest BCUT2D eigenvalue weighted by molar-refractivity contribution is 0.0725. The molecule has 0 atom stereocenters. The highest BCUT2D eigenvalue weighted by Crippen LogP contribution is 2.15. The molecule has 5 heteroatoms. The van der Waals surface area contributed by atoms with Gasteiger partial charge < -0.3 is 14.6 Å². The van der Waals surface area contributed by atoms with E-state index in [1.54, 1.807) is 11.2 Å². The molecule has 0 saturated heterocycles. The molecule has 0 aliphatic carbocycles. The minimum atomic E-state index is -0.245. The van der Waals surface area contributed by atoms with E-state index < -0.39 is 0 Å². The van der Waals surface area contributed by atoms with Gasteiger partial charge in [-0.2, -0.15) is 0 Å². The van der Waals surface area contributed by atoms with Crippen LogP contribution in [-0.2, 0) is 17.7 Å². The summed E-state index contributed by atoms with van der Waals surface area (Å²) in [4.78, 5) is 20.5. The summed E-state index contributed by atoms with van der Waals surface area (Å²) in [5.74, 6) is 0. The quantitative estimate of drug-likeness (QED) is 0.758.